The van der Waals surface area contributed by atoms with Gasteiger partial charge in [0.15, 0.2) is 0 Å². The Hall–Kier alpha value is -3.60. The van der Waals surface area contributed by atoms with Crippen LogP contribution in [0.1, 0.15) is 83.6 Å². The molecule has 0 amide bonds. The lowest BCUT2D eigenvalue weighted by molar-refractivity contribution is 0.117. The molecule has 2 rings (SSSR count). The summed E-state index contributed by atoms with van der Waals surface area (Å²) in [5.41, 5.74) is 12.2. The summed E-state index contributed by atoms with van der Waals surface area (Å²) in [6, 6.07) is 4.38. The van der Waals surface area contributed by atoms with Crippen molar-refractivity contribution in [3.8, 4) is 11.8 Å². The lowest BCUT2D eigenvalue weighted by Crippen LogP contribution is -2.28. The molecule has 1 nitrogen and oxygen atoms in total. The maximum atomic E-state index is 10.1. The molecule has 0 saturated carbocycles. The lowest BCUT2D eigenvalue weighted by atomic mass is 9.72. The zero-order valence-electron chi connectivity index (χ0n) is 27.0. The van der Waals surface area contributed by atoms with Gasteiger partial charge in [-0.25, -0.2) is 0 Å². The molecule has 0 aromatic heterocycles. The number of aliphatic hydroxyl groups is 1. The van der Waals surface area contributed by atoms with Crippen LogP contribution in [0.4, 0.5) is 0 Å². The first kappa shape index (κ1) is 33.6. The number of benzene rings is 1. The van der Waals surface area contributed by atoms with Crippen LogP contribution in [0.25, 0.3) is 6.08 Å². The number of aliphatic hydroxyl groups excluding tert-OH is 1. The zero-order chi connectivity index (χ0) is 30.6. The van der Waals surface area contributed by atoms with E-state index in [1.54, 1.807) is 0 Å². The standard InChI is InChI=1S/C40H50O/c1-29(17-13-19-31(3)21-25-38-34(6)24-23-33(5)36(38)8)15-11-12-16-30(2)18-14-20-32(4)22-26-39-35(7)27-37(41)28-40(39,9)10/h11-21,23-25,37,41H,27-28H2,1-10H3. The highest BCUT2D eigenvalue weighted by Crippen LogP contribution is 2.39. The molecule has 1 aliphatic rings. The van der Waals surface area contributed by atoms with E-state index >= 15 is 0 Å². The molecule has 0 heterocycles. The highest BCUT2D eigenvalue weighted by molar-refractivity contribution is 5.61. The Morgan fingerprint density at radius 2 is 1.32 bits per heavy atom. The van der Waals surface area contributed by atoms with E-state index in [1.807, 2.05) is 6.92 Å². The number of hydrogen-bond acceptors (Lipinski definition) is 1. The van der Waals surface area contributed by atoms with Crippen molar-refractivity contribution in [2.45, 2.75) is 88.2 Å². The molecule has 1 aliphatic carbocycles. The molecule has 0 fully saturated rings. The summed E-state index contributed by atoms with van der Waals surface area (Å²) in [5, 5.41) is 10.1. The van der Waals surface area contributed by atoms with Crippen LogP contribution in [0.15, 0.2) is 112 Å². The SMILES string of the molecule is CC(C#CC1=C(C)CC(O)CC1(C)C)=CC=CC(C)=CC=CC=C(C)C=CC=C(C)C=Cc1c(C)ccc(C)c1C. The minimum atomic E-state index is -0.257. The van der Waals surface area contributed by atoms with Crippen LogP contribution in [0.2, 0.25) is 0 Å². The summed E-state index contributed by atoms with van der Waals surface area (Å²) in [6.45, 7) is 21.3. The van der Waals surface area contributed by atoms with Crippen molar-refractivity contribution < 1.29 is 5.11 Å². The highest BCUT2D eigenvalue weighted by atomic mass is 16.3. The van der Waals surface area contributed by atoms with Gasteiger partial charge in [0.1, 0.15) is 0 Å². The Bertz CT molecular complexity index is 1430. The summed E-state index contributed by atoms with van der Waals surface area (Å²) in [6.07, 6.45) is 26.6. The molecule has 216 valence electrons. The Labute approximate surface area is 250 Å². The second-order valence-corrected chi connectivity index (χ2v) is 12.1. The van der Waals surface area contributed by atoms with Crippen LogP contribution in [0, 0.1) is 38.0 Å². The second-order valence-electron chi connectivity index (χ2n) is 12.1. The van der Waals surface area contributed by atoms with Gasteiger partial charge in [-0.1, -0.05) is 133 Å². The summed E-state index contributed by atoms with van der Waals surface area (Å²) in [7, 11) is 0. The predicted octanol–water partition coefficient (Wildman–Crippen LogP) is 10.6. The first-order chi connectivity index (χ1) is 19.3. The summed E-state index contributed by atoms with van der Waals surface area (Å²) < 4.78 is 0. The van der Waals surface area contributed by atoms with Crippen LogP contribution < -0.4 is 0 Å². The average Bonchev–Trinajstić information content (AvgIpc) is 2.87. The number of aryl methyl sites for hydroxylation is 2. The smallest absolute Gasteiger partial charge is 0.0586 e. The fourth-order valence-electron chi connectivity index (χ4n) is 5.00. The van der Waals surface area contributed by atoms with E-state index in [4.69, 9.17) is 0 Å². The molecule has 41 heavy (non-hydrogen) atoms. The predicted molar refractivity (Wildman–Crippen MR) is 182 cm³/mol. The maximum absolute atomic E-state index is 10.1. The fraction of sp³-hybridized carbons (Fsp3) is 0.350. The zero-order valence-corrected chi connectivity index (χ0v) is 27.0. The molecule has 1 unspecified atom stereocenters. The van der Waals surface area contributed by atoms with E-state index < -0.39 is 0 Å². The van der Waals surface area contributed by atoms with Crippen LogP contribution in [0.3, 0.4) is 0 Å². The molecule has 0 aliphatic heterocycles. The van der Waals surface area contributed by atoms with Gasteiger partial charge in [-0.3, -0.25) is 0 Å². The van der Waals surface area contributed by atoms with Crippen molar-refractivity contribution in [3.05, 3.63) is 135 Å². The topological polar surface area (TPSA) is 20.2 Å². The van der Waals surface area contributed by atoms with E-state index in [0.29, 0.717) is 0 Å². The number of allylic oxidation sites excluding steroid dienone is 16. The van der Waals surface area contributed by atoms with Crippen molar-refractivity contribution in [2.24, 2.45) is 5.41 Å². The molecule has 1 aromatic carbocycles. The van der Waals surface area contributed by atoms with Crippen LogP contribution >= 0.6 is 0 Å². The molecular weight excluding hydrogens is 496 g/mol. The molecule has 1 aromatic rings. The molecule has 0 bridgehead atoms. The Kier molecular flexibility index (Phi) is 13.1. The van der Waals surface area contributed by atoms with Gasteiger partial charge >= 0.3 is 0 Å². The van der Waals surface area contributed by atoms with Gasteiger partial charge in [0.05, 0.1) is 6.10 Å². The second kappa shape index (κ2) is 16.0. The molecule has 1 N–H and O–H groups in total. The van der Waals surface area contributed by atoms with E-state index in [9.17, 15) is 5.11 Å². The van der Waals surface area contributed by atoms with Crippen LogP contribution in [-0.2, 0) is 0 Å². The number of rotatable bonds is 8. The lowest BCUT2D eigenvalue weighted by Gasteiger charge is -2.34. The molecule has 0 spiro atoms. The third-order valence-electron chi connectivity index (χ3n) is 7.55. The van der Waals surface area contributed by atoms with E-state index in [1.165, 1.54) is 50.1 Å². The van der Waals surface area contributed by atoms with Crippen molar-refractivity contribution >= 4 is 6.08 Å². The van der Waals surface area contributed by atoms with Crippen molar-refractivity contribution in [2.75, 3.05) is 0 Å². The first-order valence-electron chi connectivity index (χ1n) is 14.7. The quantitative estimate of drug-likeness (QED) is 0.254. The Morgan fingerprint density at radius 1 is 0.780 bits per heavy atom. The third kappa shape index (κ3) is 11.4. The largest absolute Gasteiger partial charge is 0.393 e. The average molecular weight is 547 g/mol. The molecule has 0 saturated heterocycles. The summed E-state index contributed by atoms with van der Waals surface area (Å²) in [4.78, 5) is 0. The first-order valence-corrected chi connectivity index (χ1v) is 14.7. The van der Waals surface area contributed by atoms with Gasteiger partial charge in [0, 0.05) is 11.0 Å². The van der Waals surface area contributed by atoms with E-state index in [2.05, 4.69) is 159 Å². The molecule has 1 atom stereocenters. The van der Waals surface area contributed by atoms with Gasteiger partial charge in [0.2, 0.25) is 0 Å². The van der Waals surface area contributed by atoms with Gasteiger partial charge in [-0.2, -0.15) is 0 Å². The van der Waals surface area contributed by atoms with Crippen molar-refractivity contribution in [1.82, 2.24) is 0 Å². The fourth-order valence-corrected chi connectivity index (χ4v) is 5.00. The summed E-state index contributed by atoms with van der Waals surface area (Å²) in [5.74, 6) is 6.68. The van der Waals surface area contributed by atoms with E-state index in [0.717, 1.165) is 18.4 Å². The highest BCUT2D eigenvalue weighted by Gasteiger charge is 2.31. The molecule has 1 heteroatoms. The van der Waals surface area contributed by atoms with Gasteiger partial charge in [-0.15, -0.1) is 0 Å². The normalized spacial score (nSPS) is 19.2. The van der Waals surface area contributed by atoms with E-state index in [-0.39, 0.29) is 11.5 Å². The van der Waals surface area contributed by atoms with Crippen LogP contribution in [-0.4, -0.2) is 11.2 Å². The molecular formula is C40H50O. The van der Waals surface area contributed by atoms with Crippen LogP contribution in [0.5, 0.6) is 0 Å². The van der Waals surface area contributed by atoms with Gasteiger partial charge < -0.3 is 5.11 Å². The van der Waals surface area contributed by atoms with Crippen molar-refractivity contribution in [3.63, 3.8) is 0 Å². The minimum absolute atomic E-state index is 0.0769. The maximum Gasteiger partial charge on any atom is 0.0586 e. The summed E-state index contributed by atoms with van der Waals surface area (Å²) >= 11 is 0. The Balaban J connectivity index is 1.92. The minimum Gasteiger partial charge on any atom is -0.393 e. The van der Waals surface area contributed by atoms with Crippen molar-refractivity contribution in [1.29, 1.82) is 0 Å². The molecule has 0 radical (unpaired) electrons. The monoisotopic (exact) mass is 546 g/mol. The van der Waals surface area contributed by atoms with Gasteiger partial charge in [0.25, 0.3) is 0 Å². The third-order valence-corrected chi connectivity index (χ3v) is 7.55. The number of hydrogen-bond donors (Lipinski definition) is 1. The van der Waals surface area contributed by atoms with Gasteiger partial charge in [-0.05, 0) is 96.1 Å². The Morgan fingerprint density at radius 3 is 1.93 bits per heavy atom.